The number of hydrogen-bond donors (Lipinski definition) is 2. The lowest BCUT2D eigenvalue weighted by Gasteiger charge is -2.11. The first kappa shape index (κ1) is 13.3. The van der Waals surface area contributed by atoms with E-state index in [0.29, 0.717) is 10.7 Å². The highest BCUT2D eigenvalue weighted by atomic mass is 79.9. The fourth-order valence-corrected chi connectivity index (χ4v) is 2.65. The first-order valence-corrected chi connectivity index (χ1v) is 7.31. The summed E-state index contributed by atoms with van der Waals surface area (Å²) < 4.78 is 1.07. The van der Waals surface area contributed by atoms with E-state index in [2.05, 4.69) is 45.5 Å². The van der Waals surface area contributed by atoms with Crippen LogP contribution < -0.4 is 11.1 Å². The fraction of sp³-hybridized carbons (Fsp3) is 0. The third-order valence-corrected chi connectivity index (χ3v) is 3.96. The average Bonchev–Trinajstić information content (AvgIpc) is 2.44. The van der Waals surface area contributed by atoms with Gasteiger partial charge >= 0.3 is 0 Å². The Morgan fingerprint density at radius 1 is 0.950 bits per heavy atom. The Morgan fingerprint density at radius 2 is 1.70 bits per heavy atom. The molecule has 3 N–H and O–H groups in total. The highest BCUT2D eigenvalue weighted by Crippen LogP contribution is 2.30. The zero-order valence-electron chi connectivity index (χ0n) is 10.5. The molecule has 0 atom stereocenters. The van der Waals surface area contributed by atoms with Gasteiger partial charge in [-0.05, 0) is 47.2 Å². The molecule has 0 aliphatic carbocycles. The molecule has 0 radical (unpaired) electrons. The minimum Gasteiger partial charge on any atom is -0.396 e. The van der Waals surface area contributed by atoms with Crippen LogP contribution in [0.5, 0.6) is 0 Å². The molecule has 0 bridgehead atoms. The summed E-state index contributed by atoms with van der Waals surface area (Å²) in [5, 5.41) is 6.20. The smallest absolute Gasteiger partial charge is 0.0742 e. The molecule has 4 heteroatoms. The standard InChI is InChI=1S/C16H12BrClN2/c17-12-6-4-11-9-13(7-5-10(11)8-12)20-15-3-1-2-14(18)16(15)19/h1-9,20H,19H2. The van der Waals surface area contributed by atoms with Crippen LogP contribution >= 0.6 is 27.5 Å². The fourth-order valence-electron chi connectivity index (χ4n) is 2.10. The molecule has 2 nitrogen and oxygen atoms in total. The van der Waals surface area contributed by atoms with Crippen molar-refractivity contribution in [2.24, 2.45) is 0 Å². The summed E-state index contributed by atoms with van der Waals surface area (Å²) in [6.45, 7) is 0. The van der Waals surface area contributed by atoms with Crippen LogP contribution in [-0.2, 0) is 0 Å². The molecule has 0 unspecified atom stereocenters. The minimum atomic E-state index is 0.555. The predicted octanol–water partition coefficient (Wildman–Crippen LogP) is 5.58. The Hall–Kier alpha value is -1.71. The van der Waals surface area contributed by atoms with Gasteiger partial charge in [0.15, 0.2) is 0 Å². The second-order valence-corrected chi connectivity index (χ2v) is 5.86. The SMILES string of the molecule is Nc1c(Cl)cccc1Nc1ccc2cc(Br)ccc2c1. The van der Waals surface area contributed by atoms with Crippen molar-refractivity contribution in [1.82, 2.24) is 0 Å². The molecule has 3 aromatic rings. The van der Waals surface area contributed by atoms with E-state index < -0.39 is 0 Å². The normalized spacial score (nSPS) is 10.7. The summed E-state index contributed by atoms with van der Waals surface area (Å²) in [4.78, 5) is 0. The molecule has 20 heavy (non-hydrogen) atoms. The molecule has 0 aliphatic rings. The topological polar surface area (TPSA) is 38.0 Å². The van der Waals surface area contributed by atoms with Crippen LogP contribution in [0, 0.1) is 0 Å². The van der Waals surface area contributed by atoms with Crippen LogP contribution in [0.15, 0.2) is 59.1 Å². The summed E-state index contributed by atoms with van der Waals surface area (Å²) in [6.07, 6.45) is 0. The number of benzene rings is 3. The lowest BCUT2D eigenvalue weighted by molar-refractivity contribution is 1.56. The number of hydrogen-bond acceptors (Lipinski definition) is 2. The first-order chi connectivity index (χ1) is 9.63. The van der Waals surface area contributed by atoms with Crippen molar-refractivity contribution in [3.63, 3.8) is 0 Å². The summed E-state index contributed by atoms with van der Waals surface area (Å²) in [5.74, 6) is 0. The minimum absolute atomic E-state index is 0.555. The number of para-hydroxylation sites is 1. The van der Waals surface area contributed by atoms with Crippen LogP contribution in [-0.4, -0.2) is 0 Å². The van der Waals surface area contributed by atoms with Crippen LogP contribution in [0.2, 0.25) is 5.02 Å². The van der Waals surface area contributed by atoms with Crippen molar-refractivity contribution in [2.75, 3.05) is 11.1 Å². The Bertz CT molecular complexity index is 787. The number of fused-ring (bicyclic) bond motifs is 1. The van der Waals surface area contributed by atoms with E-state index in [0.717, 1.165) is 15.8 Å². The largest absolute Gasteiger partial charge is 0.396 e. The predicted molar refractivity (Wildman–Crippen MR) is 90.8 cm³/mol. The van der Waals surface area contributed by atoms with Gasteiger partial charge in [-0.3, -0.25) is 0 Å². The molecule has 3 rings (SSSR count). The maximum absolute atomic E-state index is 6.02. The maximum atomic E-state index is 6.02. The van der Waals surface area contributed by atoms with Crippen molar-refractivity contribution in [2.45, 2.75) is 0 Å². The second kappa shape index (κ2) is 5.35. The first-order valence-electron chi connectivity index (χ1n) is 6.14. The van der Waals surface area contributed by atoms with E-state index in [-0.39, 0.29) is 0 Å². The van der Waals surface area contributed by atoms with Crippen LogP contribution in [0.3, 0.4) is 0 Å². The third kappa shape index (κ3) is 2.60. The maximum Gasteiger partial charge on any atom is 0.0742 e. The van der Waals surface area contributed by atoms with Gasteiger partial charge in [0, 0.05) is 10.2 Å². The quantitative estimate of drug-likeness (QED) is 0.594. The van der Waals surface area contributed by atoms with Crippen molar-refractivity contribution in [3.05, 3.63) is 64.1 Å². The van der Waals surface area contributed by atoms with Gasteiger partial charge in [0.25, 0.3) is 0 Å². The number of halogens is 2. The molecular weight excluding hydrogens is 336 g/mol. The number of nitrogen functional groups attached to an aromatic ring is 1. The molecular formula is C16H12BrClN2. The molecule has 0 saturated carbocycles. The number of rotatable bonds is 2. The van der Waals surface area contributed by atoms with Gasteiger partial charge in [-0.1, -0.05) is 45.7 Å². The van der Waals surface area contributed by atoms with Crippen LogP contribution in [0.1, 0.15) is 0 Å². The van der Waals surface area contributed by atoms with Crippen LogP contribution in [0.4, 0.5) is 17.1 Å². The van der Waals surface area contributed by atoms with Crippen molar-refractivity contribution in [1.29, 1.82) is 0 Å². The molecule has 0 spiro atoms. The van der Waals surface area contributed by atoms with Crippen molar-refractivity contribution in [3.8, 4) is 0 Å². The van der Waals surface area contributed by atoms with E-state index >= 15 is 0 Å². The Morgan fingerprint density at radius 3 is 2.55 bits per heavy atom. The van der Waals surface area contributed by atoms with Crippen molar-refractivity contribution >= 4 is 55.4 Å². The molecule has 0 saturated heterocycles. The van der Waals surface area contributed by atoms with Crippen LogP contribution in [0.25, 0.3) is 10.8 Å². The van der Waals surface area contributed by atoms with Gasteiger partial charge in [-0.2, -0.15) is 0 Å². The molecule has 0 amide bonds. The number of nitrogens with one attached hydrogen (secondary N) is 1. The Balaban J connectivity index is 1.99. The van der Waals surface area contributed by atoms with Gasteiger partial charge in [-0.15, -0.1) is 0 Å². The van der Waals surface area contributed by atoms with Gasteiger partial charge in [0.05, 0.1) is 16.4 Å². The molecule has 0 heterocycles. The lowest BCUT2D eigenvalue weighted by atomic mass is 10.1. The van der Waals surface area contributed by atoms with Gasteiger partial charge in [0.2, 0.25) is 0 Å². The van der Waals surface area contributed by atoms with E-state index in [1.807, 2.05) is 24.3 Å². The molecule has 3 aromatic carbocycles. The number of nitrogens with two attached hydrogens (primary N) is 1. The van der Waals surface area contributed by atoms with Gasteiger partial charge < -0.3 is 11.1 Å². The molecule has 0 aliphatic heterocycles. The molecule has 100 valence electrons. The van der Waals surface area contributed by atoms with E-state index in [1.54, 1.807) is 6.07 Å². The van der Waals surface area contributed by atoms with Gasteiger partial charge in [-0.25, -0.2) is 0 Å². The zero-order valence-corrected chi connectivity index (χ0v) is 12.9. The summed E-state index contributed by atoms with van der Waals surface area (Å²) in [7, 11) is 0. The average molecular weight is 348 g/mol. The summed E-state index contributed by atoms with van der Waals surface area (Å²) in [6, 6.07) is 17.9. The summed E-state index contributed by atoms with van der Waals surface area (Å²) in [5.41, 5.74) is 8.32. The van der Waals surface area contributed by atoms with Gasteiger partial charge in [0.1, 0.15) is 0 Å². The summed E-state index contributed by atoms with van der Waals surface area (Å²) >= 11 is 9.50. The monoisotopic (exact) mass is 346 g/mol. The highest BCUT2D eigenvalue weighted by Gasteiger charge is 2.04. The number of anilines is 3. The van der Waals surface area contributed by atoms with E-state index in [9.17, 15) is 0 Å². The Labute approximate surface area is 130 Å². The zero-order chi connectivity index (χ0) is 14.1. The molecule has 0 fully saturated rings. The van der Waals surface area contributed by atoms with Crippen molar-refractivity contribution < 1.29 is 0 Å². The van der Waals surface area contributed by atoms with E-state index in [1.165, 1.54) is 10.8 Å². The van der Waals surface area contributed by atoms with E-state index in [4.69, 9.17) is 17.3 Å². The second-order valence-electron chi connectivity index (χ2n) is 4.53. The lowest BCUT2D eigenvalue weighted by Crippen LogP contribution is -1.96. The highest BCUT2D eigenvalue weighted by molar-refractivity contribution is 9.10. The third-order valence-electron chi connectivity index (χ3n) is 3.13. The molecule has 0 aromatic heterocycles. The Kier molecular flexibility index (Phi) is 3.55.